The molecule has 0 bridgehead atoms. The van der Waals surface area contributed by atoms with Crippen LogP contribution < -0.4 is 16.0 Å². The molecule has 1 unspecified atom stereocenters. The molecule has 0 saturated heterocycles. The van der Waals surface area contributed by atoms with Crippen molar-refractivity contribution in [1.82, 2.24) is 16.0 Å². The van der Waals surface area contributed by atoms with Crippen LogP contribution in [0.15, 0.2) is 72.8 Å². The SMILES string of the molecule is COC(=O)C(O)c1ccc(C[C@H](NC(=O)OC(C)(C)C)C(=O)O)cc1.COC(=O)Cc1ccc(C[C@@H](C)NC(=O)OC(C)(C)C)cc1.COC(=O)[C@H](O)c1ccc(C[C@@H](C)NC(=O)OC(C)(C)C)cc1. The van der Waals surface area contributed by atoms with Crippen LogP contribution in [-0.4, -0.2) is 114 Å². The number of benzene rings is 3. The van der Waals surface area contributed by atoms with E-state index in [4.69, 9.17) is 14.2 Å². The van der Waals surface area contributed by atoms with Gasteiger partial charge in [-0.3, -0.25) is 4.79 Å². The predicted octanol–water partition coefficient (Wildman–Crippen LogP) is 6.62. The molecule has 19 nitrogen and oxygen atoms in total. The molecule has 3 amide bonds. The van der Waals surface area contributed by atoms with E-state index in [0.717, 1.165) is 16.7 Å². The minimum atomic E-state index is -1.41. The fraction of sp³-hybridized carbons (Fsp3) is 0.510. The van der Waals surface area contributed by atoms with Crippen LogP contribution in [-0.2, 0) is 73.3 Å². The Hall–Kier alpha value is -6.73. The predicted molar refractivity (Wildman–Crippen MR) is 259 cm³/mol. The largest absolute Gasteiger partial charge is 0.480 e. The lowest BCUT2D eigenvalue weighted by atomic mass is 10.0. The first-order valence-electron chi connectivity index (χ1n) is 22.4. The number of alkyl carbamates (subject to hydrolysis) is 3. The summed E-state index contributed by atoms with van der Waals surface area (Å²) in [6.07, 6.45) is -2.81. The van der Waals surface area contributed by atoms with Gasteiger partial charge >= 0.3 is 42.2 Å². The van der Waals surface area contributed by atoms with Gasteiger partial charge in [-0.15, -0.1) is 0 Å². The third-order valence-electron chi connectivity index (χ3n) is 9.08. The number of aliphatic hydroxyl groups is 2. The summed E-state index contributed by atoms with van der Waals surface area (Å²) < 4.78 is 29.0. The second-order valence-corrected chi connectivity index (χ2v) is 19.1. The van der Waals surface area contributed by atoms with Gasteiger partial charge in [-0.1, -0.05) is 72.8 Å². The van der Waals surface area contributed by atoms with Gasteiger partial charge < -0.3 is 59.7 Å². The standard InChI is InChI=1S/C17H23NO7.C17H25NO5.C17H25NO4/c1-17(2,3)25-16(23)18-12(14(20)21)9-10-5-7-11(8-6-10)13(19)15(22)24-4;1-11(18-16(21)23-17(2,3)4)10-12-6-8-13(9-7-12)14(19)15(20)22-5;1-12(18-16(20)22-17(2,3)4)10-13-6-8-14(9-7-13)11-15(19)21-5/h5-8,12-13,19H,9H2,1-4H3,(H,18,23)(H,20,21);6-9,11,14,19H,10H2,1-5H3,(H,18,21);6-9,12H,10-11H2,1-5H3,(H,18,20)/t12-,13?;11-,14-;12-/m011/s1. The van der Waals surface area contributed by atoms with Crippen LogP contribution in [0.4, 0.5) is 14.4 Å². The fourth-order valence-corrected chi connectivity index (χ4v) is 5.91. The number of aliphatic hydroxyl groups excluding tert-OH is 2. The number of carbonyl (C=O) groups excluding carboxylic acids is 6. The van der Waals surface area contributed by atoms with Crippen LogP contribution in [0.25, 0.3) is 0 Å². The Morgan fingerprint density at radius 2 is 0.771 bits per heavy atom. The van der Waals surface area contributed by atoms with Crippen molar-refractivity contribution in [2.24, 2.45) is 0 Å². The molecule has 6 N–H and O–H groups in total. The van der Waals surface area contributed by atoms with Crippen LogP contribution in [0.2, 0.25) is 0 Å². The highest BCUT2D eigenvalue weighted by molar-refractivity contribution is 5.80. The molecule has 0 aliphatic rings. The smallest absolute Gasteiger partial charge is 0.408 e. The van der Waals surface area contributed by atoms with E-state index in [0.29, 0.717) is 29.5 Å². The summed E-state index contributed by atoms with van der Waals surface area (Å²) in [5.41, 5.74) is 2.57. The maximum Gasteiger partial charge on any atom is 0.408 e. The van der Waals surface area contributed by atoms with Crippen molar-refractivity contribution in [2.75, 3.05) is 21.3 Å². The highest BCUT2D eigenvalue weighted by Gasteiger charge is 2.25. The summed E-state index contributed by atoms with van der Waals surface area (Å²) in [6.45, 7) is 19.7. The van der Waals surface area contributed by atoms with E-state index in [2.05, 4.69) is 30.2 Å². The van der Waals surface area contributed by atoms with Crippen molar-refractivity contribution in [3.63, 3.8) is 0 Å². The third kappa shape index (κ3) is 26.1. The molecule has 0 aliphatic carbocycles. The van der Waals surface area contributed by atoms with E-state index in [1.807, 2.05) is 79.7 Å². The number of carbonyl (C=O) groups is 7. The summed E-state index contributed by atoms with van der Waals surface area (Å²) in [5.74, 6) is -2.95. The molecule has 3 rings (SSSR count). The number of rotatable bonds is 16. The molecular formula is C51H73N3O16. The lowest BCUT2D eigenvalue weighted by Crippen LogP contribution is -2.44. The fourth-order valence-electron chi connectivity index (χ4n) is 5.91. The Morgan fingerprint density at radius 3 is 1.07 bits per heavy atom. The second-order valence-electron chi connectivity index (χ2n) is 19.1. The van der Waals surface area contributed by atoms with Crippen molar-refractivity contribution in [2.45, 2.75) is 149 Å². The number of hydrogen-bond donors (Lipinski definition) is 6. The summed E-state index contributed by atoms with van der Waals surface area (Å²) in [4.78, 5) is 80.2. The van der Waals surface area contributed by atoms with Crippen molar-refractivity contribution in [3.8, 4) is 0 Å². The number of hydrogen-bond acceptors (Lipinski definition) is 15. The van der Waals surface area contributed by atoms with Crippen molar-refractivity contribution < 1.29 is 77.3 Å². The Morgan fingerprint density at radius 1 is 0.471 bits per heavy atom. The maximum absolute atomic E-state index is 11.7. The Labute approximate surface area is 410 Å². The molecule has 0 saturated carbocycles. The Kier molecular flexibility index (Phi) is 25.1. The van der Waals surface area contributed by atoms with Gasteiger partial charge in [0.05, 0.1) is 27.8 Å². The number of methoxy groups -OCH3 is 3. The zero-order valence-electron chi connectivity index (χ0n) is 42.8. The van der Waals surface area contributed by atoms with E-state index in [1.165, 1.54) is 33.5 Å². The topological polar surface area (TPSA) is 272 Å². The molecule has 3 aromatic carbocycles. The van der Waals surface area contributed by atoms with Crippen LogP contribution in [0.1, 0.15) is 122 Å². The van der Waals surface area contributed by atoms with Gasteiger partial charge in [-0.25, -0.2) is 28.8 Å². The van der Waals surface area contributed by atoms with Gasteiger partial charge in [0.15, 0.2) is 12.2 Å². The molecule has 0 heterocycles. The van der Waals surface area contributed by atoms with Crippen molar-refractivity contribution in [3.05, 3.63) is 106 Å². The van der Waals surface area contributed by atoms with Crippen molar-refractivity contribution >= 4 is 42.2 Å². The molecule has 388 valence electrons. The number of amides is 3. The molecule has 0 aliphatic heterocycles. The molecule has 5 atom stereocenters. The zero-order chi connectivity index (χ0) is 53.6. The monoisotopic (exact) mass is 983 g/mol. The first-order valence-corrected chi connectivity index (χ1v) is 22.4. The van der Waals surface area contributed by atoms with Crippen LogP contribution in [0.3, 0.4) is 0 Å². The average molecular weight is 984 g/mol. The highest BCUT2D eigenvalue weighted by atomic mass is 16.6. The van der Waals surface area contributed by atoms with E-state index in [-0.39, 0.29) is 30.9 Å². The molecule has 0 radical (unpaired) electrons. The van der Waals surface area contributed by atoms with Gasteiger partial charge in [0.1, 0.15) is 22.8 Å². The van der Waals surface area contributed by atoms with Gasteiger partial charge in [-0.2, -0.15) is 0 Å². The summed E-state index contributed by atoms with van der Waals surface area (Å²) in [7, 11) is 3.77. The number of nitrogens with one attached hydrogen (secondary N) is 3. The van der Waals surface area contributed by atoms with E-state index >= 15 is 0 Å². The minimum Gasteiger partial charge on any atom is -0.480 e. The summed E-state index contributed by atoms with van der Waals surface area (Å²) in [5, 5.41) is 36.6. The van der Waals surface area contributed by atoms with E-state index in [9.17, 15) is 48.9 Å². The third-order valence-corrected chi connectivity index (χ3v) is 9.08. The number of ether oxygens (including phenoxy) is 6. The van der Waals surface area contributed by atoms with Gasteiger partial charge in [-0.05, 0) is 122 Å². The van der Waals surface area contributed by atoms with Crippen LogP contribution in [0.5, 0.6) is 0 Å². The zero-order valence-corrected chi connectivity index (χ0v) is 42.8. The molecule has 0 aromatic heterocycles. The highest BCUT2D eigenvalue weighted by Crippen LogP contribution is 2.18. The van der Waals surface area contributed by atoms with Gasteiger partial charge in [0.25, 0.3) is 0 Å². The number of aliphatic carboxylic acids is 1. The first-order chi connectivity index (χ1) is 32.3. The summed E-state index contributed by atoms with van der Waals surface area (Å²) >= 11 is 0. The second kappa shape index (κ2) is 28.7. The van der Waals surface area contributed by atoms with Gasteiger partial charge in [0.2, 0.25) is 0 Å². The molecule has 0 spiro atoms. The first kappa shape index (κ1) is 61.3. The summed E-state index contributed by atoms with van der Waals surface area (Å²) in [6, 6.07) is 19.4. The average Bonchev–Trinajstić information content (AvgIpc) is 3.24. The van der Waals surface area contributed by atoms with Crippen LogP contribution >= 0.6 is 0 Å². The number of esters is 3. The maximum atomic E-state index is 11.7. The van der Waals surface area contributed by atoms with Crippen molar-refractivity contribution in [1.29, 1.82) is 0 Å². The lowest BCUT2D eigenvalue weighted by Gasteiger charge is -2.22. The molecule has 0 fully saturated rings. The minimum absolute atomic E-state index is 0.0170. The van der Waals surface area contributed by atoms with Gasteiger partial charge in [0, 0.05) is 18.5 Å². The molecule has 19 heteroatoms. The molecule has 70 heavy (non-hydrogen) atoms. The van der Waals surface area contributed by atoms with E-state index < -0.39 is 71.2 Å². The quantitative estimate of drug-likeness (QED) is 0.0650. The lowest BCUT2D eigenvalue weighted by molar-refractivity contribution is -0.151. The molecule has 3 aromatic rings. The Balaban J connectivity index is 0.000000526. The van der Waals surface area contributed by atoms with E-state index in [1.54, 1.807) is 57.2 Å². The normalized spacial score (nSPS) is 13.3. The molecular weight excluding hydrogens is 911 g/mol. The Bertz CT molecular complexity index is 2140. The van der Waals surface area contributed by atoms with Crippen LogP contribution in [0, 0.1) is 0 Å². The number of carboxylic acid groups (broad SMARTS) is 1. The number of carboxylic acids is 1.